The van der Waals surface area contributed by atoms with Crippen LogP contribution in [0.25, 0.3) is 0 Å². The van der Waals surface area contributed by atoms with Gasteiger partial charge in [0, 0.05) is 18.8 Å². The molecule has 2 aromatic rings. The van der Waals surface area contributed by atoms with E-state index in [-0.39, 0.29) is 23.7 Å². The molecule has 0 radical (unpaired) electrons. The number of aromatic amines is 1. The molecule has 2 heterocycles. The van der Waals surface area contributed by atoms with Crippen LogP contribution in [0.15, 0.2) is 33.9 Å². The summed E-state index contributed by atoms with van der Waals surface area (Å²) in [6, 6.07) is 3.16. The van der Waals surface area contributed by atoms with Gasteiger partial charge in [-0.2, -0.15) is 0 Å². The number of pyridine rings is 1. The summed E-state index contributed by atoms with van der Waals surface area (Å²) in [6.45, 7) is 0.560. The van der Waals surface area contributed by atoms with Gasteiger partial charge in [-0.15, -0.1) is 0 Å². The summed E-state index contributed by atoms with van der Waals surface area (Å²) in [7, 11) is 0. The number of amides is 1. The van der Waals surface area contributed by atoms with Gasteiger partial charge in [-0.3, -0.25) is 9.59 Å². The van der Waals surface area contributed by atoms with Crippen molar-refractivity contribution in [1.29, 1.82) is 0 Å². The zero-order chi connectivity index (χ0) is 13.7. The summed E-state index contributed by atoms with van der Waals surface area (Å²) < 4.78 is 4.98. The summed E-state index contributed by atoms with van der Waals surface area (Å²) in [5.74, 6) is 0.0418. The average molecular weight is 262 g/mol. The lowest BCUT2D eigenvalue weighted by Crippen LogP contribution is -2.27. The summed E-state index contributed by atoms with van der Waals surface area (Å²) in [6.07, 6.45) is 3.42. The Hall–Kier alpha value is -2.41. The van der Waals surface area contributed by atoms with E-state index >= 15 is 0 Å². The Bertz CT molecular complexity index is 597. The number of nitrogens with two attached hydrogens (primary N) is 1. The highest BCUT2D eigenvalue weighted by Gasteiger charge is 2.14. The van der Waals surface area contributed by atoms with Gasteiger partial charge >= 0.3 is 0 Å². The Morgan fingerprint density at radius 3 is 3.00 bits per heavy atom. The molecular formula is C12H14N4O3. The van der Waals surface area contributed by atoms with E-state index in [1.165, 1.54) is 12.5 Å². The lowest BCUT2D eigenvalue weighted by atomic mass is 10.2. The van der Waals surface area contributed by atoms with Crippen molar-refractivity contribution in [3.63, 3.8) is 0 Å². The average Bonchev–Trinajstić information content (AvgIpc) is 2.89. The molecule has 2 aromatic heterocycles. The van der Waals surface area contributed by atoms with Crippen LogP contribution in [0.3, 0.4) is 0 Å². The molecule has 7 nitrogen and oxygen atoms in total. The van der Waals surface area contributed by atoms with E-state index in [0.717, 1.165) is 5.56 Å². The van der Waals surface area contributed by atoms with E-state index in [1.54, 1.807) is 12.3 Å². The Labute approximate surface area is 108 Å². The molecule has 0 aliphatic carbocycles. The third kappa shape index (κ3) is 3.29. The van der Waals surface area contributed by atoms with E-state index in [2.05, 4.69) is 15.3 Å². The van der Waals surface area contributed by atoms with Gasteiger partial charge in [0.15, 0.2) is 17.8 Å². The van der Waals surface area contributed by atoms with Crippen LogP contribution in [0.4, 0.5) is 0 Å². The molecule has 0 bridgehead atoms. The number of carbonyl (C=O) groups is 1. The van der Waals surface area contributed by atoms with Gasteiger partial charge in [-0.05, 0) is 12.0 Å². The minimum atomic E-state index is -0.321. The van der Waals surface area contributed by atoms with Gasteiger partial charge in [0.05, 0.1) is 6.54 Å². The third-order valence-electron chi connectivity index (χ3n) is 2.59. The standard InChI is InChI=1S/C12H14N4O3/c13-5-9-11(16-7-19-9)12(18)14-4-3-8-1-2-10(17)15-6-8/h1-2,6-7H,3-5,13H2,(H,14,18)(H,15,17). The van der Waals surface area contributed by atoms with Crippen molar-refractivity contribution in [2.24, 2.45) is 5.73 Å². The molecule has 0 fully saturated rings. The molecule has 4 N–H and O–H groups in total. The first-order valence-corrected chi connectivity index (χ1v) is 5.79. The van der Waals surface area contributed by atoms with Crippen molar-refractivity contribution in [3.05, 3.63) is 52.1 Å². The predicted octanol–water partition coefficient (Wildman–Crippen LogP) is -0.206. The van der Waals surface area contributed by atoms with Crippen LogP contribution in [0, 0.1) is 0 Å². The topological polar surface area (TPSA) is 114 Å². The molecule has 0 unspecified atom stereocenters. The number of rotatable bonds is 5. The van der Waals surface area contributed by atoms with Crippen LogP contribution in [-0.4, -0.2) is 22.4 Å². The van der Waals surface area contributed by atoms with Gasteiger partial charge < -0.3 is 20.5 Å². The first-order valence-electron chi connectivity index (χ1n) is 5.79. The molecule has 1 amide bonds. The minimum absolute atomic E-state index is 0.128. The van der Waals surface area contributed by atoms with E-state index in [9.17, 15) is 9.59 Å². The smallest absolute Gasteiger partial charge is 0.273 e. The molecule has 0 aromatic carbocycles. The number of aromatic nitrogens is 2. The number of hydrogen-bond acceptors (Lipinski definition) is 5. The highest BCUT2D eigenvalue weighted by molar-refractivity contribution is 5.93. The fraction of sp³-hybridized carbons (Fsp3) is 0.250. The van der Waals surface area contributed by atoms with Gasteiger partial charge in [-0.25, -0.2) is 4.98 Å². The number of nitrogens with zero attached hydrogens (tertiary/aromatic N) is 1. The third-order valence-corrected chi connectivity index (χ3v) is 2.59. The van der Waals surface area contributed by atoms with Crippen LogP contribution in [0.1, 0.15) is 21.8 Å². The number of hydrogen-bond donors (Lipinski definition) is 3. The Kier molecular flexibility index (Phi) is 4.09. The lowest BCUT2D eigenvalue weighted by molar-refractivity contribution is 0.0948. The SMILES string of the molecule is NCc1ocnc1C(=O)NCCc1ccc(=O)[nH]c1. The molecule has 0 saturated carbocycles. The van der Waals surface area contributed by atoms with Gasteiger partial charge in [0.25, 0.3) is 5.91 Å². The molecule has 7 heteroatoms. The first-order chi connectivity index (χ1) is 9.20. The fourth-order valence-corrected chi connectivity index (χ4v) is 1.60. The van der Waals surface area contributed by atoms with Crippen LogP contribution in [0.2, 0.25) is 0 Å². The monoisotopic (exact) mass is 262 g/mol. The molecule has 0 aliphatic heterocycles. The Morgan fingerprint density at radius 1 is 1.47 bits per heavy atom. The van der Waals surface area contributed by atoms with Crippen LogP contribution in [-0.2, 0) is 13.0 Å². The summed E-state index contributed by atoms with van der Waals surface area (Å²) in [4.78, 5) is 29.0. The van der Waals surface area contributed by atoms with E-state index in [0.29, 0.717) is 18.7 Å². The second-order valence-corrected chi connectivity index (χ2v) is 3.90. The molecule has 0 atom stereocenters. The van der Waals surface area contributed by atoms with Crippen LogP contribution < -0.4 is 16.6 Å². The summed E-state index contributed by atoms with van der Waals surface area (Å²) >= 11 is 0. The Morgan fingerprint density at radius 2 is 2.32 bits per heavy atom. The molecule has 0 saturated heterocycles. The maximum absolute atomic E-state index is 11.8. The highest BCUT2D eigenvalue weighted by atomic mass is 16.3. The summed E-state index contributed by atoms with van der Waals surface area (Å²) in [5, 5.41) is 2.71. The van der Waals surface area contributed by atoms with Crippen molar-refractivity contribution in [3.8, 4) is 0 Å². The zero-order valence-corrected chi connectivity index (χ0v) is 10.2. The van der Waals surface area contributed by atoms with Gasteiger partial charge in [-0.1, -0.05) is 6.07 Å². The molecule has 19 heavy (non-hydrogen) atoms. The van der Waals surface area contributed by atoms with Gasteiger partial charge in [0.1, 0.15) is 0 Å². The van der Waals surface area contributed by atoms with Crippen molar-refractivity contribution < 1.29 is 9.21 Å². The summed E-state index contributed by atoms with van der Waals surface area (Å²) in [5.41, 5.74) is 6.41. The van der Waals surface area contributed by atoms with Crippen molar-refractivity contribution >= 4 is 5.91 Å². The normalized spacial score (nSPS) is 10.4. The molecular weight excluding hydrogens is 248 g/mol. The van der Waals surface area contributed by atoms with Crippen molar-refractivity contribution in [2.45, 2.75) is 13.0 Å². The van der Waals surface area contributed by atoms with E-state index in [1.807, 2.05) is 0 Å². The minimum Gasteiger partial charge on any atom is -0.446 e. The fourth-order valence-electron chi connectivity index (χ4n) is 1.60. The molecule has 0 aliphatic rings. The zero-order valence-electron chi connectivity index (χ0n) is 10.2. The second-order valence-electron chi connectivity index (χ2n) is 3.90. The maximum Gasteiger partial charge on any atom is 0.273 e. The van der Waals surface area contributed by atoms with Crippen LogP contribution >= 0.6 is 0 Å². The molecule has 100 valence electrons. The van der Waals surface area contributed by atoms with Crippen LogP contribution in [0.5, 0.6) is 0 Å². The maximum atomic E-state index is 11.8. The highest BCUT2D eigenvalue weighted by Crippen LogP contribution is 2.05. The largest absolute Gasteiger partial charge is 0.446 e. The first kappa shape index (κ1) is 13.0. The Balaban J connectivity index is 1.87. The predicted molar refractivity (Wildman–Crippen MR) is 67.5 cm³/mol. The number of oxazole rings is 1. The lowest BCUT2D eigenvalue weighted by Gasteiger charge is -2.04. The van der Waals surface area contributed by atoms with Gasteiger partial charge in [0.2, 0.25) is 5.56 Å². The second kappa shape index (κ2) is 5.96. The number of carbonyl (C=O) groups excluding carboxylic acids is 1. The number of H-pyrrole nitrogens is 1. The molecule has 2 rings (SSSR count). The van der Waals surface area contributed by atoms with Crippen molar-refractivity contribution in [2.75, 3.05) is 6.54 Å². The van der Waals surface area contributed by atoms with E-state index < -0.39 is 0 Å². The van der Waals surface area contributed by atoms with E-state index in [4.69, 9.17) is 10.2 Å². The van der Waals surface area contributed by atoms with Crippen molar-refractivity contribution in [1.82, 2.24) is 15.3 Å². The quantitative estimate of drug-likeness (QED) is 0.690. The molecule has 0 spiro atoms. The number of nitrogens with one attached hydrogen (secondary N) is 2.